The molecule has 0 bridgehead atoms. The third kappa shape index (κ3) is 12.1. The molecule has 0 rings (SSSR count). The maximum atomic E-state index is 5.92. The number of hydrogen-bond donors (Lipinski definition) is 1. The van der Waals surface area contributed by atoms with Crippen LogP contribution in [0.15, 0.2) is 0 Å². The first-order valence-corrected chi connectivity index (χ1v) is 18.2. The molecule has 0 fully saturated rings. The highest BCUT2D eigenvalue weighted by Gasteiger charge is 2.38. The van der Waals surface area contributed by atoms with Gasteiger partial charge in [0.15, 0.2) is 0 Å². The Morgan fingerprint density at radius 2 is 1.48 bits per heavy atom. The van der Waals surface area contributed by atoms with Crippen molar-refractivity contribution in [2.75, 3.05) is 60.8 Å². The first-order chi connectivity index (χ1) is 13.8. The minimum atomic E-state index is -2.05. The van der Waals surface area contributed by atoms with Crippen LogP contribution in [0, 0.1) is 0 Å². The van der Waals surface area contributed by atoms with E-state index in [0.29, 0.717) is 5.16 Å². The summed E-state index contributed by atoms with van der Waals surface area (Å²) in [6.07, 6.45) is 7.42. The van der Waals surface area contributed by atoms with Crippen LogP contribution in [-0.4, -0.2) is 92.3 Å². The second-order valence-corrected chi connectivity index (χ2v) is 18.3. The van der Waals surface area contributed by atoms with E-state index in [1.165, 1.54) is 32.2 Å². The third-order valence-corrected chi connectivity index (χ3v) is 17.7. The average molecular weight is 467 g/mol. The molecule has 0 saturated heterocycles. The fourth-order valence-electron chi connectivity index (χ4n) is 3.75. The summed E-state index contributed by atoms with van der Waals surface area (Å²) in [5.74, 6) is 0. The Bertz CT molecular complexity index is 383. The lowest BCUT2D eigenvalue weighted by atomic mass is 10.2. The van der Waals surface area contributed by atoms with E-state index in [4.69, 9.17) is 17.7 Å². The summed E-state index contributed by atoms with van der Waals surface area (Å²) >= 11 is 0. The van der Waals surface area contributed by atoms with Gasteiger partial charge in [0.25, 0.3) is 0 Å². The molecule has 1 unspecified atom stereocenters. The smallest absolute Gasteiger partial charge is 0.334 e. The molecule has 0 spiro atoms. The second kappa shape index (κ2) is 17.0. The number of rotatable bonds is 20. The topological polar surface area (TPSA) is 52.2 Å². The van der Waals surface area contributed by atoms with Crippen LogP contribution in [0.3, 0.4) is 0 Å². The van der Waals surface area contributed by atoms with Gasteiger partial charge in [-0.15, -0.1) is 0 Å². The van der Waals surface area contributed by atoms with Crippen LogP contribution >= 0.6 is 0 Å². The molecule has 176 valence electrons. The van der Waals surface area contributed by atoms with Crippen molar-refractivity contribution in [3.05, 3.63) is 0 Å². The normalized spacial score (nSPS) is 14.4. The van der Waals surface area contributed by atoms with Gasteiger partial charge in [-0.2, -0.15) is 0 Å². The van der Waals surface area contributed by atoms with Crippen LogP contribution < -0.4 is 5.32 Å². The monoisotopic (exact) mass is 466 g/mol. The fraction of sp³-hybridized carbons (Fsp3) is 1.00. The largest absolute Gasteiger partial charge is 0.398 e. The first-order valence-electron chi connectivity index (χ1n) is 11.5. The lowest BCUT2D eigenvalue weighted by molar-refractivity contribution is 0.242. The van der Waals surface area contributed by atoms with E-state index >= 15 is 0 Å². The van der Waals surface area contributed by atoms with Gasteiger partial charge < -0.3 is 27.9 Å². The van der Waals surface area contributed by atoms with Gasteiger partial charge in [0, 0.05) is 38.0 Å². The van der Waals surface area contributed by atoms with Crippen LogP contribution in [0.5, 0.6) is 0 Å². The molecule has 9 heteroatoms. The van der Waals surface area contributed by atoms with Crippen LogP contribution in [0.2, 0.25) is 24.3 Å². The van der Waals surface area contributed by atoms with Gasteiger partial charge in [0.1, 0.15) is 0 Å². The number of nitrogens with zero attached hydrogens (tertiary/aromatic N) is 1. The minimum Gasteiger partial charge on any atom is -0.398 e. The molecule has 0 amide bonds. The molecule has 0 radical (unpaired) electrons. The Labute approximate surface area is 185 Å². The molecular weight excluding hydrogens is 416 g/mol. The zero-order valence-electron chi connectivity index (χ0n) is 20.6. The van der Waals surface area contributed by atoms with Crippen molar-refractivity contribution in [2.45, 2.75) is 70.3 Å². The van der Waals surface area contributed by atoms with E-state index in [0.717, 1.165) is 38.3 Å². The number of hydrogen-bond acceptors (Lipinski definition) is 6. The van der Waals surface area contributed by atoms with Crippen molar-refractivity contribution in [3.63, 3.8) is 0 Å². The molecular formula is C20H50N2O4Si3. The summed E-state index contributed by atoms with van der Waals surface area (Å²) in [7, 11) is 2.94. The third-order valence-electron chi connectivity index (χ3n) is 6.49. The van der Waals surface area contributed by atoms with Gasteiger partial charge in [-0.1, -0.05) is 33.1 Å². The zero-order valence-corrected chi connectivity index (χ0v) is 24.1. The average Bonchev–Trinajstić information content (AvgIpc) is 2.76. The Kier molecular flexibility index (Phi) is 17.3. The molecule has 0 aromatic rings. The highest BCUT2D eigenvalue weighted by atomic mass is 28.4. The van der Waals surface area contributed by atoms with E-state index in [2.05, 4.69) is 37.2 Å². The highest BCUT2D eigenvalue weighted by Crippen LogP contribution is 2.28. The lowest BCUT2D eigenvalue weighted by Gasteiger charge is -2.32. The maximum absolute atomic E-state index is 5.92. The number of nitrogens with one attached hydrogen (secondary N) is 1. The molecule has 6 nitrogen and oxygen atoms in total. The van der Waals surface area contributed by atoms with Crippen LogP contribution in [0.1, 0.15) is 46.0 Å². The van der Waals surface area contributed by atoms with Crippen molar-refractivity contribution in [2.24, 2.45) is 0 Å². The van der Waals surface area contributed by atoms with Gasteiger partial charge in [0.2, 0.25) is 0 Å². The molecule has 0 aliphatic carbocycles. The van der Waals surface area contributed by atoms with Gasteiger partial charge in [-0.05, 0) is 69.5 Å². The van der Waals surface area contributed by atoms with Crippen molar-refractivity contribution >= 4 is 26.6 Å². The van der Waals surface area contributed by atoms with Crippen LogP contribution in [0.4, 0.5) is 0 Å². The fourth-order valence-corrected chi connectivity index (χ4v) is 11.6. The highest BCUT2D eigenvalue weighted by molar-refractivity contribution is 6.77. The second-order valence-electron chi connectivity index (χ2n) is 8.18. The summed E-state index contributed by atoms with van der Waals surface area (Å²) in [6, 6.07) is 1.03. The Hall–Kier alpha value is 0.411. The Morgan fingerprint density at radius 3 is 2.00 bits per heavy atom. The van der Waals surface area contributed by atoms with E-state index in [-0.39, 0.29) is 9.52 Å². The van der Waals surface area contributed by atoms with Crippen molar-refractivity contribution < 1.29 is 17.7 Å². The number of unbranched alkanes of at least 4 members (excludes halogenated alkanes) is 2. The van der Waals surface area contributed by atoms with Crippen molar-refractivity contribution in [1.29, 1.82) is 0 Å². The summed E-state index contributed by atoms with van der Waals surface area (Å²) in [5, 5.41) is 4.33. The molecule has 0 aliphatic heterocycles. The zero-order chi connectivity index (χ0) is 22.2. The van der Waals surface area contributed by atoms with Gasteiger partial charge >= 0.3 is 17.1 Å². The first kappa shape index (κ1) is 29.4. The van der Waals surface area contributed by atoms with E-state index in [1.54, 1.807) is 14.2 Å². The maximum Gasteiger partial charge on any atom is 0.334 e. The molecule has 1 N–H and O–H groups in total. The van der Waals surface area contributed by atoms with Gasteiger partial charge in [0.05, 0.1) is 0 Å². The Morgan fingerprint density at radius 1 is 0.862 bits per heavy atom. The SMILES string of the molecule is CCN(CC)CCCCCC([SiH2]CNCCC[Si](C)(OC)OC)[Si](C)(OC)OC. The predicted octanol–water partition coefficient (Wildman–Crippen LogP) is 3.05. The quantitative estimate of drug-likeness (QED) is 0.220. The summed E-state index contributed by atoms with van der Waals surface area (Å²) < 4.78 is 23.0. The summed E-state index contributed by atoms with van der Waals surface area (Å²) in [6.45, 7) is 13.5. The molecule has 0 saturated carbocycles. The molecule has 0 aliphatic rings. The summed E-state index contributed by atoms with van der Waals surface area (Å²) in [4.78, 5) is 2.51. The molecule has 0 aromatic heterocycles. The standard InChI is InChI=1S/C20H50N2O4Si3/c1-9-22(10-2)17-13-11-12-15-20(29(8,25-5)26-6)27-19-21-16-14-18-28(7,23-3)24-4/h20-21H,9-19,27H2,1-8H3. The molecule has 1 atom stereocenters. The molecule has 0 aromatic carbocycles. The van der Waals surface area contributed by atoms with Crippen LogP contribution in [0.25, 0.3) is 0 Å². The molecule has 29 heavy (non-hydrogen) atoms. The van der Waals surface area contributed by atoms with Crippen LogP contribution in [-0.2, 0) is 17.7 Å². The van der Waals surface area contributed by atoms with E-state index in [9.17, 15) is 0 Å². The summed E-state index contributed by atoms with van der Waals surface area (Å²) in [5.41, 5.74) is 0. The van der Waals surface area contributed by atoms with Crippen molar-refractivity contribution in [1.82, 2.24) is 10.2 Å². The van der Waals surface area contributed by atoms with Gasteiger partial charge in [-0.3, -0.25) is 0 Å². The molecule has 0 heterocycles. The van der Waals surface area contributed by atoms with Crippen molar-refractivity contribution in [3.8, 4) is 0 Å². The van der Waals surface area contributed by atoms with E-state index in [1.807, 2.05) is 14.2 Å². The van der Waals surface area contributed by atoms with Gasteiger partial charge in [-0.25, -0.2) is 0 Å². The predicted molar refractivity (Wildman–Crippen MR) is 132 cm³/mol. The minimum absolute atomic E-state index is 0.293. The van der Waals surface area contributed by atoms with E-state index < -0.39 is 17.1 Å². The lowest BCUT2D eigenvalue weighted by Crippen LogP contribution is -2.46. The Balaban J connectivity index is 4.29.